The lowest BCUT2D eigenvalue weighted by Crippen LogP contribution is -2.32. The van der Waals surface area contributed by atoms with Crippen molar-refractivity contribution in [1.29, 1.82) is 0 Å². The predicted octanol–water partition coefficient (Wildman–Crippen LogP) is 5.81. The van der Waals surface area contributed by atoms with Gasteiger partial charge in [-0.2, -0.15) is 13.2 Å². The van der Waals surface area contributed by atoms with Gasteiger partial charge in [0.1, 0.15) is 18.5 Å². The number of benzene rings is 1. The van der Waals surface area contributed by atoms with Crippen LogP contribution in [0.3, 0.4) is 0 Å². The van der Waals surface area contributed by atoms with Gasteiger partial charge in [-0.1, -0.05) is 12.2 Å². The number of fused-ring (bicyclic) bond motifs is 1. The van der Waals surface area contributed by atoms with Crippen molar-refractivity contribution < 1.29 is 46.7 Å². The summed E-state index contributed by atoms with van der Waals surface area (Å²) in [4.78, 5) is 0. The van der Waals surface area contributed by atoms with Crippen LogP contribution in [0.1, 0.15) is 56.9 Å². The molecule has 0 amide bonds. The largest absolute Gasteiger partial charge is 0.489 e. The molecule has 0 spiro atoms. The van der Waals surface area contributed by atoms with Crippen molar-refractivity contribution in [3.63, 3.8) is 0 Å². The SMILES string of the molecule is OC1C[C@@H]2[C@@H](/C=C/C(COc3cc(C(F)(F)F)ccc3I)OC3CCCCO3)[C@H](OC3CCCCO3)C[C@@H]2O1. The molecule has 1 aliphatic carbocycles. The van der Waals surface area contributed by atoms with Crippen LogP contribution >= 0.6 is 22.6 Å². The van der Waals surface area contributed by atoms with Crippen molar-refractivity contribution in [2.24, 2.45) is 11.8 Å². The summed E-state index contributed by atoms with van der Waals surface area (Å²) in [7, 11) is 0. The highest BCUT2D eigenvalue weighted by atomic mass is 127. The molecule has 0 aromatic heterocycles. The third-order valence-corrected chi connectivity index (χ3v) is 8.70. The van der Waals surface area contributed by atoms with Crippen molar-refractivity contribution in [3.05, 3.63) is 39.5 Å². The van der Waals surface area contributed by atoms with Crippen LogP contribution in [-0.2, 0) is 29.9 Å². The molecule has 1 aromatic carbocycles. The molecule has 1 aromatic rings. The third-order valence-electron chi connectivity index (χ3n) is 7.81. The van der Waals surface area contributed by atoms with Crippen molar-refractivity contribution in [2.75, 3.05) is 19.8 Å². The van der Waals surface area contributed by atoms with E-state index >= 15 is 0 Å². The molecule has 8 atom stereocenters. The normalized spacial score (nSPS) is 34.3. The van der Waals surface area contributed by atoms with E-state index < -0.39 is 30.4 Å². The average Bonchev–Trinajstić information content (AvgIpc) is 3.42. The standard InChI is InChI=1S/C28H36F3IO7/c29-28(30,31)17-7-10-21(32)24(13-17)36-16-18(37-26-5-1-3-11-34-26)8-9-19-20-14-25(33)38-23(20)15-22(19)39-27-6-2-4-12-35-27/h7-10,13,18-20,22-23,25-27,33H,1-6,11-12,14-16H2/b9-8+/t18?,19-,20-,22-,23+,25?,26?,27?/m1/s1. The van der Waals surface area contributed by atoms with Gasteiger partial charge < -0.3 is 33.5 Å². The van der Waals surface area contributed by atoms with Crippen molar-refractivity contribution in [2.45, 2.75) is 94.7 Å². The molecule has 39 heavy (non-hydrogen) atoms. The fraction of sp³-hybridized carbons (Fsp3) is 0.714. The molecule has 1 saturated carbocycles. The highest BCUT2D eigenvalue weighted by molar-refractivity contribution is 14.1. The van der Waals surface area contributed by atoms with Gasteiger partial charge in [0.2, 0.25) is 0 Å². The zero-order valence-electron chi connectivity index (χ0n) is 21.7. The summed E-state index contributed by atoms with van der Waals surface area (Å²) >= 11 is 1.97. The lowest BCUT2D eigenvalue weighted by molar-refractivity contribution is -0.196. The van der Waals surface area contributed by atoms with Crippen molar-refractivity contribution >= 4 is 22.6 Å². The number of ether oxygens (including phenoxy) is 6. The Balaban J connectivity index is 1.31. The Hall–Kier alpha value is -0.960. The van der Waals surface area contributed by atoms with Gasteiger partial charge in [0, 0.05) is 32.0 Å². The molecule has 5 rings (SSSR count). The second-order valence-corrected chi connectivity index (χ2v) is 11.8. The first-order valence-corrected chi connectivity index (χ1v) is 14.9. The van der Waals surface area contributed by atoms with Crippen molar-refractivity contribution in [1.82, 2.24) is 0 Å². The highest BCUT2D eigenvalue weighted by Crippen LogP contribution is 2.45. The number of halogens is 4. The number of alkyl halides is 3. The van der Waals surface area contributed by atoms with E-state index in [1.807, 2.05) is 34.7 Å². The minimum atomic E-state index is -4.46. The van der Waals surface area contributed by atoms with Gasteiger partial charge in [-0.3, -0.25) is 0 Å². The van der Waals surface area contributed by atoms with Gasteiger partial charge in [-0.15, -0.1) is 0 Å². The molecule has 7 nitrogen and oxygen atoms in total. The molecule has 1 N–H and O–H groups in total. The van der Waals surface area contributed by atoms with E-state index in [0.717, 1.165) is 50.7 Å². The van der Waals surface area contributed by atoms with Crippen LogP contribution in [0.4, 0.5) is 13.2 Å². The van der Waals surface area contributed by atoms with E-state index in [2.05, 4.69) is 0 Å². The maximum absolute atomic E-state index is 13.3. The number of aliphatic hydroxyl groups is 1. The number of rotatable bonds is 9. The maximum Gasteiger partial charge on any atom is 0.416 e. The Labute approximate surface area is 240 Å². The summed E-state index contributed by atoms with van der Waals surface area (Å²) in [6, 6.07) is 3.46. The van der Waals surface area contributed by atoms with Crippen LogP contribution in [0.2, 0.25) is 0 Å². The van der Waals surface area contributed by atoms with Crippen LogP contribution in [0.5, 0.6) is 5.75 Å². The fourth-order valence-corrected chi connectivity index (χ4v) is 6.33. The van der Waals surface area contributed by atoms with Gasteiger partial charge in [0.25, 0.3) is 0 Å². The Morgan fingerprint density at radius 3 is 2.49 bits per heavy atom. The number of hydrogen-bond donors (Lipinski definition) is 1. The van der Waals surface area contributed by atoms with Crippen molar-refractivity contribution in [3.8, 4) is 5.75 Å². The predicted molar refractivity (Wildman–Crippen MR) is 143 cm³/mol. The lowest BCUT2D eigenvalue weighted by atomic mass is 9.91. The quantitative estimate of drug-likeness (QED) is 0.263. The minimum absolute atomic E-state index is 0.0187. The van der Waals surface area contributed by atoms with Crippen LogP contribution in [0, 0.1) is 15.4 Å². The summed E-state index contributed by atoms with van der Waals surface area (Å²) in [5.41, 5.74) is -0.761. The Morgan fingerprint density at radius 1 is 1.05 bits per heavy atom. The second-order valence-electron chi connectivity index (χ2n) is 10.6. The summed E-state index contributed by atoms with van der Waals surface area (Å²) in [5.74, 6) is 0.201. The Kier molecular flexibility index (Phi) is 10.1. The zero-order chi connectivity index (χ0) is 27.4. The average molecular weight is 668 g/mol. The summed E-state index contributed by atoms with van der Waals surface area (Å²) < 4.78 is 76.2. The van der Waals surface area contributed by atoms with Crippen LogP contribution in [0.15, 0.2) is 30.4 Å². The molecule has 3 saturated heterocycles. The van der Waals surface area contributed by atoms with Gasteiger partial charge >= 0.3 is 6.18 Å². The van der Waals surface area contributed by atoms with E-state index in [1.165, 1.54) is 6.07 Å². The Bertz CT molecular complexity index is 965. The first-order chi connectivity index (χ1) is 18.8. The van der Waals surface area contributed by atoms with Gasteiger partial charge in [-0.05, 0) is 85.2 Å². The molecule has 4 aliphatic rings. The van der Waals surface area contributed by atoms with E-state index in [1.54, 1.807) is 0 Å². The molecule has 4 unspecified atom stereocenters. The molecule has 3 heterocycles. The molecular weight excluding hydrogens is 632 g/mol. The maximum atomic E-state index is 13.3. The summed E-state index contributed by atoms with van der Waals surface area (Å²) in [6.45, 7) is 1.31. The topological polar surface area (TPSA) is 75.6 Å². The number of aliphatic hydroxyl groups excluding tert-OH is 1. The van der Waals surface area contributed by atoms with Gasteiger partial charge in [0.15, 0.2) is 18.9 Å². The first-order valence-electron chi connectivity index (χ1n) is 13.8. The first kappa shape index (κ1) is 29.5. The Morgan fingerprint density at radius 2 is 1.79 bits per heavy atom. The molecular formula is C28H36F3IO7. The summed E-state index contributed by atoms with van der Waals surface area (Å²) in [5, 5.41) is 10.1. The molecule has 4 fully saturated rings. The number of hydrogen-bond acceptors (Lipinski definition) is 7. The van der Waals surface area contributed by atoms with Crippen LogP contribution < -0.4 is 4.74 Å². The smallest absolute Gasteiger partial charge is 0.416 e. The third kappa shape index (κ3) is 7.87. The van der Waals surface area contributed by atoms with E-state index in [9.17, 15) is 18.3 Å². The molecule has 0 bridgehead atoms. The molecule has 3 aliphatic heterocycles. The zero-order valence-corrected chi connectivity index (χ0v) is 23.8. The minimum Gasteiger partial charge on any atom is -0.489 e. The van der Waals surface area contributed by atoms with Gasteiger partial charge in [-0.25, -0.2) is 0 Å². The van der Waals surface area contributed by atoms with Gasteiger partial charge in [0.05, 0.1) is 21.3 Å². The van der Waals surface area contributed by atoms with E-state index in [-0.39, 0.29) is 42.7 Å². The second kappa shape index (κ2) is 13.3. The molecule has 218 valence electrons. The monoisotopic (exact) mass is 668 g/mol. The fourth-order valence-electron chi connectivity index (χ4n) is 5.83. The van der Waals surface area contributed by atoms with E-state index in [4.69, 9.17) is 28.4 Å². The lowest BCUT2D eigenvalue weighted by Gasteiger charge is -2.30. The molecule has 0 radical (unpaired) electrons. The van der Waals surface area contributed by atoms with E-state index in [0.29, 0.717) is 29.6 Å². The highest BCUT2D eigenvalue weighted by Gasteiger charge is 2.49. The molecule has 11 heteroatoms. The van der Waals surface area contributed by atoms with Crippen LogP contribution in [0.25, 0.3) is 0 Å². The summed E-state index contributed by atoms with van der Waals surface area (Å²) in [6.07, 6.45) is 4.01. The van der Waals surface area contributed by atoms with Crippen LogP contribution in [-0.4, -0.2) is 62.1 Å².